The molecule has 2 aromatic heterocycles. The van der Waals surface area contributed by atoms with E-state index in [1.54, 1.807) is 0 Å². The van der Waals surface area contributed by atoms with Gasteiger partial charge >= 0.3 is 0 Å². The summed E-state index contributed by atoms with van der Waals surface area (Å²) in [6, 6.07) is 4.21. The van der Waals surface area contributed by atoms with Crippen LogP contribution in [0.5, 0.6) is 0 Å². The number of aromatic nitrogens is 3. The average molecular weight is 313 g/mol. The maximum Gasteiger partial charge on any atom is 0.113 e. The Bertz CT molecular complexity index is 592. The maximum absolute atomic E-state index is 4.68. The van der Waals surface area contributed by atoms with Crippen LogP contribution in [0, 0.1) is 0 Å². The second-order valence-electron chi connectivity index (χ2n) is 6.63. The first-order valence-electron chi connectivity index (χ1n) is 8.55. The Labute approximate surface area is 139 Å². The number of aryl methyl sites for hydroxylation is 1. The van der Waals surface area contributed by atoms with Gasteiger partial charge in [0.15, 0.2) is 0 Å². The fourth-order valence-corrected chi connectivity index (χ4v) is 3.40. The predicted molar refractivity (Wildman–Crippen MR) is 93.8 cm³/mol. The molecule has 0 unspecified atom stereocenters. The fraction of sp³-hybridized carbons (Fsp3) is 0.556. The second-order valence-corrected chi connectivity index (χ2v) is 6.63. The molecule has 5 heteroatoms. The summed E-state index contributed by atoms with van der Waals surface area (Å²) >= 11 is 0. The lowest BCUT2D eigenvalue weighted by Crippen LogP contribution is -2.35. The van der Waals surface area contributed by atoms with E-state index in [1.165, 1.54) is 24.4 Å². The van der Waals surface area contributed by atoms with Crippen molar-refractivity contribution in [3.8, 4) is 0 Å². The van der Waals surface area contributed by atoms with Crippen LogP contribution in [0.25, 0.3) is 0 Å². The Morgan fingerprint density at radius 1 is 1.22 bits per heavy atom. The molecule has 0 saturated carbocycles. The number of anilines is 1. The van der Waals surface area contributed by atoms with Crippen LogP contribution in [-0.4, -0.2) is 53.2 Å². The van der Waals surface area contributed by atoms with Gasteiger partial charge in [-0.2, -0.15) is 0 Å². The van der Waals surface area contributed by atoms with Gasteiger partial charge in [-0.25, -0.2) is 4.98 Å². The van der Waals surface area contributed by atoms with Gasteiger partial charge in [0.05, 0.1) is 0 Å². The van der Waals surface area contributed by atoms with E-state index < -0.39 is 0 Å². The third-order valence-electron chi connectivity index (χ3n) is 4.57. The van der Waals surface area contributed by atoms with Gasteiger partial charge in [-0.15, -0.1) is 0 Å². The zero-order valence-corrected chi connectivity index (χ0v) is 14.2. The zero-order chi connectivity index (χ0) is 16.1. The van der Waals surface area contributed by atoms with Crippen molar-refractivity contribution < 1.29 is 0 Å². The molecule has 0 radical (unpaired) electrons. The molecule has 124 valence electrons. The molecule has 5 nitrogen and oxygen atoms in total. The normalized spacial score (nSPS) is 18.6. The van der Waals surface area contributed by atoms with Crippen molar-refractivity contribution in [2.75, 3.05) is 38.6 Å². The number of pyridine rings is 1. The highest BCUT2D eigenvalue weighted by molar-refractivity contribution is 5.45. The van der Waals surface area contributed by atoms with E-state index >= 15 is 0 Å². The largest absolute Gasteiger partial charge is 0.371 e. The van der Waals surface area contributed by atoms with Crippen LogP contribution in [0.2, 0.25) is 0 Å². The molecular weight excluding hydrogens is 286 g/mol. The van der Waals surface area contributed by atoms with Crippen molar-refractivity contribution in [2.24, 2.45) is 0 Å². The van der Waals surface area contributed by atoms with E-state index in [0.29, 0.717) is 5.92 Å². The predicted octanol–water partition coefficient (Wildman–Crippen LogP) is 2.61. The summed E-state index contributed by atoms with van der Waals surface area (Å²) in [5, 5.41) is 0. The molecule has 0 aromatic carbocycles. The molecular formula is C18H27N5. The molecule has 3 heterocycles. The Morgan fingerprint density at radius 2 is 2.04 bits per heavy atom. The zero-order valence-electron chi connectivity index (χ0n) is 14.2. The first kappa shape index (κ1) is 16.0. The number of nitrogens with zero attached hydrogens (tertiary/aromatic N) is 5. The molecule has 0 N–H and O–H groups in total. The number of hydrogen-bond acceptors (Lipinski definition) is 4. The molecule has 2 aromatic rings. The highest BCUT2D eigenvalue weighted by Gasteiger charge is 2.24. The monoisotopic (exact) mass is 313 g/mol. The van der Waals surface area contributed by atoms with E-state index in [0.717, 1.165) is 32.6 Å². The van der Waals surface area contributed by atoms with Gasteiger partial charge in [-0.1, -0.05) is 0 Å². The lowest BCUT2D eigenvalue weighted by atomic mass is 9.96. The van der Waals surface area contributed by atoms with Crippen LogP contribution in [0.3, 0.4) is 0 Å². The summed E-state index contributed by atoms with van der Waals surface area (Å²) in [5.74, 6) is 1.77. The Hall–Kier alpha value is -1.88. The number of imidazole rings is 1. The Balaban J connectivity index is 1.66. The molecule has 1 fully saturated rings. The minimum absolute atomic E-state index is 0.520. The standard InChI is InChI=1S/C18H27N5/c1-21(2)11-4-13-22-14-10-20-18(22)16-5-3-12-23(15-16)17-6-8-19-9-7-17/h6-10,14,16H,3-5,11-13,15H2,1-2H3/t16-/m1/s1. The van der Waals surface area contributed by atoms with Gasteiger partial charge in [-0.05, 0) is 52.0 Å². The van der Waals surface area contributed by atoms with Crippen molar-refractivity contribution in [1.82, 2.24) is 19.4 Å². The van der Waals surface area contributed by atoms with E-state index in [2.05, 4.69) is 56.8 Å². The molecule has 1 aliphatic rings. The average Bonchev–Trinajstić information content (AvgIpc) is 3.04. The summed E-state index contributed by atoms with van der Waals surface area (Å²) in [7, 11) is 4.26. The van der Waals surface area contributed by atoms with Crippen LogP contribution in [0.1, 0.15) is 31.0 Å². The van der Waals surface area contributed by atoms with Gasteiger partial charge < -0.3 is 14.4 Å². The Kier molecular flexibility index (Phi) is 5.28. The number of rotatable bonds is 6. The molecule has 3 rings (SSSR count). The summed E-state index contributed by atoms with van der Waals surface area (Å²) in [4.78, 5) is 13.5. The second kappa shape index (κ2) is 7.59. The van der Waals surface area contributed by atoms with Crippen molar-refractivity contribution in [3.63, 3.8) is 0 Å². The smallest absolute Gasteiger partial charge is 0.113 e. The van der Waals surface area contributed by atoms with Crippen LogP contribution in [-0.2, 0) is 6.54 Å². The number of piperidine rings is 1. The van der Waals surface area contributed by atoms with E-state index in [-0.39, 0.29) is 0 Å². The SMILES string of the molecule is CN(C)CCCn1ccnc1[C@@H]1CCCN(c2ccncc2)C1. The molecule has 0 spiro atoms. The maximum atomic E-state index is 4.68. The van der Waals surface area contributed by atoms with Crippen LogP contribution in [0.15, 0.2) is 36.9 Å². The van der Waals surface area contributed by atoms with Crippen molar-refractivity contribution in [2.45, 2.75) is 31.7 Å². The fourth-order valence-electron chi connectivity index (χ4n) is 3.40. The summed E-state index contributed by atoms with van der Waals surface area (Å²) < 4.78 is 2.35. The van der Waals surface area contributed by atoms with Crippen LogP contribution < -0.4 is 4.90 Å². The topological polar surface area (TPSA) is 37.2 Å². The van der Waals surface area contributed by atoms with Gasteiger partial charge in [-0.3, -0.25) is 4.98 Å². The third kappa shape index (κ3) is 4.10. The highest BCUT2D eigenvalue weighted by atomic mass is 15.2. The molecule has 23 heavy (non-hydrogen) atoms. The van der Waals surface area contributed by atoms with Crippen molar-refractivity contribution in [1.29, 1.82) is 0 Å². The first-order chi connectivity index (χ1) is 11.2. The van der Waals surface area contributed by atoms with Gasteiger partial charge in [0, 0.05) is 56.0 Å². The summed E-state index contributed by atoms with van der Waals surface area (Å²) in [5.41, 5.74) is 1.27. The van der Waals surface area contributed by atoms with Gasteiger partial charge in [0.1, 0.15) is 5.82 Å². The molecule has 1 atom stereocenters. The van der Waals surface area contributed by atoms with E-state index in [9.17, 15) is 0 Å². The molecule has 1 saturated heterocycles. The van der Waals surface area contributed by atoms with Gasteiger partial charge in [0.2, 0.25) is 0 Å². The van der Waals surface area contributed by atoms with Gasteiger partial charge in [0.25, 0.3) is 0 Å². The molecule has 1 aliphatic heterocycles. The Morgan fingerprint density at radius 3 is 2.83 bits per heavy atom. The minimum atomic E-state index is 0.520. The number of hydrogen-bond donors (Lipinski definition) is 0. The van der Waals surface area contributed by atoms with E-state index in [1.807, 2.05) is 18.6 Å². The highest BCUT2D eigenvalue weighted by Crippen LogP contribution is 2.29. The van der Waals surface area contributed by atoms with Crippen LogP contribution in [0.4, 0.5) is 5.69 Å². The first-order valence-corrected chi connectivity index (χ1v) is 8.55. The minimum Gasteiger partial charge on any atom is -0.371 e. The van der Waals surface area contributed by atoms with Crippen molar-refractivity contribution in [3.05, 3.63) is 42.7 Å². The summed E-state index contributed by atoms with van der Waals surface area (Å²) in [6.07, 6.45) is 11.5. The van der Waals surface area contributed by atoms with Crippen molar-refractivity contribution >= 4 is 5.69 Å². The molecule has 0 amide bonds. The summed E-state index contributed by atoms with van der Waals surface area (Å²) in [6.45, 7) is 4.35. The van der Waals surface area contributed by atoms with E-state index in [4.69, 9.17) is 0 Å². The lowest BCUT2D eigenvalue weighted by Gasteiger charge is -2.34. The lowest BCUT2D eigenvalue weighted by molar-refractivity contribution is 0.380. The molecule has 0 bridgehead atoms. The molecule has 0 aliphatic carbocycles. The van der Waals surface area contributed by atoms with Crippen LogP contribution >= 0.6 is 0 Å². The third-order valence-corrected chi connectivity index (χ3v) is 4.57. The quantitative estimate of drug-likeness (QED) is 0.821.